The van der Waals surface area contributed by atoms with Crippen LogP contribution in [-0.4, -0.2) is 36.0 Å². The van der Waals surface area contributed by atoms with E-state index in [0.29, 0.717) is 41.5 Å². The molecule has 0 saturated heterocycles. The number of nitrogens with one attached hydrogen (secondary N) is 2. The molecule has 0 rings (SSSR count). The summed E-state index contributed by atoms with van der Waals surface area (Å²) in [5.41, 5.74) is 3.70. The summed E-state index contributed by atoms with van der Waals surface area (Å²) in [6.45, 7) is 65.1. The predicted molar refractivity (Wildman–Crippen MR) is 256 cm³/mol. The van der Waals surface area contributed by atoms with Crippen molar-refractivity contribution in [2.45, 2.75) is 203 Å². The van der Waals surface area contributed by atoms with Crippen LogP contribution in [0.5, 0.6) is 0 Å². The Bertz CT molecular complexity index is 809. The van der Waals surface area contributed by atoms with Crippen molar-refractivity contribution < 1.29 is 4.79 Å². The van der Waals surface area contributed by atoms with E-state index in [4.69, 9.17) is 0 Å². The molecular formula is C49H104N2OS. The van der Waals surface area contributed by atoms with Crippen LogP contribution in [0, 0.1) is 47.3 Å². The van der Waals surface area contributed by atoms with E-state index >= 15 is 0 Å². The molecule has 0 aliphatic heterocycles. The van der Waals surface area contributed by atoms with Crippen LogP contribution in [-0.2, 0) is 4.79 Å². The van der Waals surface area contributed by atoms with E-state index in [1.54, 1.807) is 0 Å². The van der Waals surface area contributed by atoms with Gasteiger partial charge in [0.1, 0.15) is 0 Å². The lowest BCUT2D eigenvalue weighted by Crippen LogP contribution is -2.53. The van der Waals surface area contributed by atoms with Gasteiger partial charge in [-0.15, -0.1) is 19.7 Å². The van der Waals surface area contributed by atoms with Gasteiger partial charge >= 0.3 is 0 Å². The zero-order chi connectivity index (χ0) is 44.0. The summed E-state index contributed by atoms with van der Waals surface area (Å²) in [5.74, 6) is 6.20. The number of hydrogen-bond acceptors (Lipinski definition) is 3. The molecule has 0 fully saturated rings. The topological polar surface area (TPSA) is 41.1 Å². The van der Waals surface area contributed by atoms with Gasteiger partial charge in [-0.2, -0.15) is 11.8 Å². The molecule has 0 aliphatic rings. The normalized spacial score (nSPS) is 14.0. The van der Waals surface area contributed by atoms with E-state index in [9.17, 15) is 4.79 Å². The van der Waals surface area contributed by atoms with Crippen LogP contribution in [0.25, 0.3) is 0 Å². The van der Waals surface area contributed by atoms with Crippen LogP contribution < -0.4 is 10.6 Å². The minimum atomic E-state index is -0.123. The van der Waals surface area contributed by atoms with Gasteiger partial charge in [-0.05, 0) is 126 Å². The average Bonchev–Trinajstić information content (AvgIpc) is 3.04. The Labute approximate surface area is 343 Å². The first-order valence-electron chi connectivity index (χ1n) is 21.4. The summed E-state index contributed by atoms with van der Waals surface area (Å²) < 4.78 is 0. The minimum Gasteiger partial charge on any atom is -0.352 e. The maximum absolute atomic E-state index is 13.3. The van der Waals surface area contributed by atoms with Crippen molar-refractivity contribution in [3.8, 4) is 0 Å². The van der Waals surface area contributed by atoms with Gasteiger partial charge in [0.15, 0.2) is 0 Å². The lowest BCUT2D eigenvalue weighted by molar-refractivity contribution is -0.124. The largest absolute Gasteiger partial charge is 0.352 e. The minimum absolute atomic E-state index is 0.123. The number of thioether (sulfide) groups is 1. The third-order valence-electron chi connectivity index (χ3n) is 8.06. The quantitative estimate of drug-likeness (QED) is 0.129. The highest BCUT2D eigenvalue weighted by Crippen LogP contribution is 2.24. The summed E-state index contributed by atoms with van der Waals surface area (Å²) in [7, 11) is 0. The van der Waals surface area contributed by atoms with Crippen molar-refractivity contribution in [3.63, 3.8) is 0 Å². The second-order valence-corrected chi connectivity index (χ2v) is 17.9. The molecule has 0 heterocycles. The Balaban J connectivity index is -0.000000149. The molecule has 0 aromatic carbocycles. The fourth-order valence-corrected chi connectivity index (χ4v) is 5.48. The number of amides is 1. The lowest BCUT2D eigenvalue weighted by Gasteiger charge is -2.32. The molecule has 53 heavy (non-hydrogen) atoms. The average molecular weight is 769 g/mol. The molecule has 7 atom stereocenters. The standard InChI is InChI=1S/C26H52N2OS.C9H18.C4H10.C4H8.2C2H6.C2H4/c1-17(2)14-21(8)23(10)27-24(12-13-30-11)26(29)28-25(15-18(3)4)22(9)16-20(7)19(5)6;1-7(2)6-9(5)8(3)4;2*1-4(2)3;3*1-2/h17-18,20-25,27H,5,12-16H2,1-4,6-11H3,(H,28,29);7,9H,3,6H2,1-2,4-5H3;4H,1-3H3;1H2,2-3H3;2*1-2H3;1-2H2/t20?,21-,22?,23?,24?,25-;9-;;;;;/m00...../s1. The van der Waals surface area contributed by atoms with Crippen LogP contribution in [0.4, 0.5) is 0 Å². The molecule has 2 N–H and O–H groups in total. The summed E-state index contributed by atoms with van der Waals surface area (Å²) in [4.78, 5) is 13.3. The molecule has 0 bridgehead atoms. The van der Waals surface area contributed by atoms with Gasteiger partial charge in [0.25, 0.3) is 0 Å². The van der Waals surface area contributed by atoms with Crippen LogP contribution in [0.1, 0.15) is 184 Å². The van der Waals surface area contributed by atoms with Crippen molar-refractivity contribution in [2.24, 2.45) is 47.3 Å². The number of allylic oxidation sites excluding steroid dienone is 3. The molecule has 322 valence electrons. The molecule has 0 saturated carbocycles. The summed E-state index contributed by atoms with van der Waals surface area (Å²) in [6.07, 6.45) is 7.52. The molecular weight excluding hydrogens is 665 g/mol. The third-order valence-corrected chi connectivity index (χ3v) is 8.70. The highest BCUT2D eigenvalue weighted by molar-refractivity contribution is 7.98. The van der Waals surface area contributed by atoms with Crippen molar-refractivity contribution in [1.82, 2.24) is 10.6 Å². The fraction of sp³-hybridized carbons (Fsp3) is 0.816. The maximum Gasteiger partial charge on any atom is 0.237 e. The van der Waals surface area contributed by atoms with Gasteiger partial charge in [0, 0.05) is 12.1 Å². The second-order valence-electron chi connectivity index (χ2n) is 16.9. The van der Waals surface area contributed by atoms with E-state index in [0.717, 1.165) is 36.9 Å². The number of carbonyl (C=O) groups excluding carboxylic acids is 1. The number of rotatable bonds is 19. The molecule has 1 amide bonds. The van der Waals surface area contributed by atoms with E-state index in [1.165, 1.54) is 29.6 Å². The Morgan fingerprint density at radius 3 is 1.21 bits per heavy atom. The van der Waals surface area contributed by atoms with Crippen LogP contribution in [0.15, 0.2) is 49.6 Å². The van der Waals surface area contributed by atoms with Gasteiger partial charge < -0.3 is 10.6 Å². The van der Waals surface area contributed by atoms with E-state index in [-0.39, 0.29) is 18.0 Å². The Hall–Kier alpha value is -1.26. The molecule has 4 unspecified atom stereocenters. The Morgan fingerprint density at radius 1 is 0.585 bits per heavy atom. The van der Waals surface area contributed by atoms with Crippen molar-refractivity contribution in [3.05, 3.63) is 49.6 Å². The predicted octanol–water partition coefficient (Wildman–Crippen LogP) is 15.9. The molecule has 0 aliphatic carbocycles. The zero-order valence-electron chi connectivity index (χ0n) is 40.9. The summed E-state index contributed by atoms with van der Waals surface area (Å²) in [5, 5.41) is 7.12. The highest BCUT2D eigenvalue weighted by Gasteiger charge is 2.28. The molecule has 0 spiro atoms. The monoisotopic (exact) mass is 769 g/mol. The lowest BCUT2D eigenvalue weighted by atomic mass is 9.84. The Kier molecular flexibility index (Phi) is 56.7. The van der Waals surface area contributed by atoms with Crippen molar-refractivity contribution in [1.29, 1.82) is 0 Å². The van der Waals surface area contributed by atoms with Crippen LogP contribution >= 0.6 is 11.8 Å². The van der Waals surface area contributed by atoms with Crippen molar-refractivity contribution >= 4 is 17.7 Å². The van der Waals surface area contributed by atoms with Gasteiger partial charge in [-0.25, -0.2) is 0 Å². The smallest absolute Gasteiger partial charge is 0.237 e. The zero-order valence-corrected chi connectivity index (χ0v) is 41.8. The molecule has 0 radical (unpaired) electrons. The van der Waals surface area contributed by atoms with Crippen LogP contribution in [0.2, 0.25) is 0 Å². The molecule has 3 nitrogen and oxygen atoms in total. The number of hydrogen-bond donors (Lipinski definition) is 2. The first kappa shape index (κ1) is 66.5. The second kappa shape index (κ2) is 45.1. The first-order valence-corrected chi connectivity index (χ1v) is 22.8. The molecule has 4 heteroatoms. The van der Waals surface area contributed by atoms with E-state index < -0.39 is 0 Å². The fourth-order valence-electron chi connectivity index (χ4n) is 5.01. The van der Waals surface area contributed by atoms with Crippen LogP contribution in [0.3, 0.4) is 0 Å². The molecule has 0 aromatic heterocycles. The van der Waals surface area contributed by atoms with E-state index in [1.807, 2.05) is 53.3 Å². The van der Waals surface area contributed by atoms with Gasteiger partial charge in [-0.3, -0.25) is 4.79 Å². The van der Waals surface area contributed by atoms with Gasteiger partial charge in [0.2, 0.25) is 5.91 Å². The van der Waals surface area contributed by atoms with Crippen molar-refractivity contribution in [2.75, 3.05) is 12.0 Å². The maximum atomic E-state index is 13.3. The summed E-state index contributed by atoms with van der Waals surface area (Å²) in [6, 6.07) is 0.415. The first-order chi connectivity index (χ1) is 24.4. The van der Waals surface area contributed by atoms with E-state index in [2.05, 4.69) is 161 Å². The SMILES string of the molecule is C=C.C=C(C)C.C=C(C)C(C)CC(C)[C@H](CC(C)C)NC(=O)C(CCSC)NC(C)[C@@H](C)CC(C)C.C=C(C)[C@@H](C)CC(C)C.CC.CC.CC(C)C. The third kappa shape index (κ3) is 55.2. The number of carbonyl (C=O) groups is 1. The highest BCUT2D eigenvalue weighted by atomic mass is 32.2. The summed E-state index contributed by atoms with van der Waals surface area (Å²) >= 11 is 1.81. The molecule has 0 aromatic rings. The Morgan fingerprint density at radius 2 is 0.925 bits per heavy atom. The van der Waals surface area contributed by atoms with Gasteiger partial charge in [-0.1, -0.05) is 148 Å². The van der Waals surface area contributed by atoms with Gasteiger partial charge in [0.05, 0.1) is 6.04 Å².